The molecule has 0 atom stereocenters. The highest BCUT2D eigenvalue weighted by Crippen LogP contribution is 2.33. The molecule has 108 valence electrons. The summed E-state index contributed by atoms with van der Waals surface area (Å²) in [7, 11) is 0. The van der Waals surface area contributed by atoms with Gasteiger partial charge in [-0.3, -0.25) is 4.79 Å². The standard InChI is InChI=1S/C16H22N2O2/c1-2-3-16(19)18-7-6-13-4-5-14(12-15(13)18)17-8-10-20-11-9-17/h4-5,12H,2-3,6-11H2,1H3. The van der Waals surface area contributed by atoms with Gasteiger partial charge in [0.15, 0.2) is 0 Å². The first-order valence-corrected chi connectivity index (χ1v) is 7.55. The number of nitrogens with zero attached hydrogens (tertiary/aromatic N) is 2. The van der Waals surface area contributed by atoms with Crippen LogP contribution >= 0.6 is 0 Å². The lowest BCUT2D eigenvalue weighted by Crippen LogP contribution is -2.36. The second kappa shape index (κ2) is 5.83. The molecule has 1 aromatic rings. The maximum absolute atomic E-state index is 12.2. The molecule has 0 N–H and O–H groups in total. The topological polar surface area (TPSA) is 32.8 Å². The van der Waals surface area contributed by atoms with Gasteiger partial charge in [0.1, 0.15) is 0 Å². The number of carbonyl (C=O) groups excluding carboxylic acids is 1. The van der Waals surface area contributed by atoms with E-state index in [-0.39, 0.29) is 5.91 Å². The average Bonchev–Trinajstić information content (AvgIpc) is 2.91. The van der Waals surface area contributed by atoms with Crippen molar-refractivity contribution in [2.24, 2.45) is 0 Å². The zero-order chi connectivity index (χ0) is 13.9. The molecule has 0 aromatic heterocycles. The third-order valence-electron chi connectivity index (χ3n) is 4.11. The SMILES string of the molecule is CCCC(=O)N1CCc2ccc(N3CCOCC3)cc21. The second-order valence-electron chi connectivity index (χ2n) is 5.46. The molecule has 1 fully saturated rings. The van der Waals surface area contributed by atoms with E-state index in [2.05, 4.69) is 30.0 Å². The van der Waals surface area contributed by atoms with Crippen molar-refractivity contribution in [1.82, 2.24) is 0 Å². The number of rotatable bonds is 3. The van der Waals surface area contributed by atoms with Crippen molar-refractivity contribution in [3.8, 4) is 0 Å². The van der Waals surface area contributed by atoms with E-state index in [1.807, 2.05) is 4.90 Å². The molecule has 0 saturated carbocycles. The van der Waals surface area contributed by atoms with Crippen LogP contribution in [0.5, 0.6) is 0 Å². The molecule has 3 rings (SSSR count). The van der Waals surface area contributed by atoms with E-state index < -0.39 is 0 Å². The molecule has 0 unspecified atom stereocenters. The van der Waals surface area contributed by atoms with Gasteiger partial charge in [0.05, 0.1) is 13.2 Å². The first-order valence-electron chi connectivity index (χ1n) is 7.55. The number of ether oxygens (including phenoxy) is 1. The van der Waals surface area contributed by atoms with Gasteiger partial charge in [0, 0.05) is 37.4 Å². The molecule has 0 radical (unpaired) electrons. The Balaban J connectivity index is 1.83. The molecule has 2 heterocycles. The quantitative estimate of drug-likeness (QED) is 0.847. The van der Waals surface area contributed by atoms with Crippen molar-refractivity contribution in [2.75, 3.05) is 42.6 Å². The lowest BCUT2D eigenvalue weighted by molar-refractivity contribution is -0.118. The Morgan fingerprint density at radius 2 is 2.05 bits per heavy atom. The van der Waals surface area contributed by atoms with Crippen LogP contribution in [0.1, 0.15) is 25.3 Å². The molecular formula is C16H22N2O2. The van der Waals surface area contributed by atoms with Crippen molar-refractivity contribution in [3.05, 3.63) is 23.8 Å². The van der Waals surface area contributed by atoms with Gasteiger partial charge in [0.2, 0.25) is 5.91 Å². The number of amides is 1. The average molecular weight is 274 g/mol. The van der Waals surface area contributed by atoms with E-state index >= 15 is 0 Å². The first-order chi connectivity index (χ1) is 9.79. The van der Waals surface area contributed by atoms with Crippen LogP contribution in [-0.2, 0) is 16.0 Å². The summed E-state index contributed by atoms with van der Waals surface area (Å²) in [6.45, 7) is 6.33. The molecule has 2 aliphatic rings. The number of carbonyl (C=O) groups is 1. The molecule has 0 aliphatic carbocycles. The van der Waals surface area contributed by atoms with Gasteiger partial charge >= 0.3 is 0 Å². The molecule has 4 nitrogen and oxygen atoms in total. The highest BCUT2D eigenvalue weighted by Gasteiger charge is 2.25. The van der Waals surface area contributed by atoms with Crippen LogP contribution in [0.25, 0.3) is 0 Å². The van der Waals surface area contributed by atoms with Crippen molar-refractivity contribution < 1.29 is 9.53 Å². The van der Waals surface area contributed by atoms with Gasteiger partial charge in [0.25, 0.3) is 0 Å². The molecule has 2 aliphatic heterocycles. The fourth-order valence-electron chi connectivity index (χ4n) is 2.99. The van der Waals surface area contributed by atoms with Crippen LogP contribution in [0, 0.1) is 0 Å². The van der Waals surface area contributed by atoms with Crippen LogP contribution in [-0.4, -0.2) is 38.8 Å². The third-order valence-corrected chi connectivity index (χ3v) is 4.11. The highest BCUT2D eigenvalue weighted by atomic mass is 16.5. The summed E-state index contributed by atoms with van der Waals surface area (Å²) in [6.07, 6.45) is 2.53. The number of anilines is 2. The molecule has 4 heteroatoms. The van der Waals surface area contributed by atoms with Crippen molar-refractivity contribution in [2.45, 2.75) is 26.2 Å². The van der Waals surface area contributed by atoms with Crippen LogP contribution < -0.4 is 9.80 Å². The molecule has 1 aromatic carbocycles. The Labute approximate surface area is 120 Å². The summed E-state index contributed by atoms with van der Waals surface area (Å²) in [5, 5.41) is 0. The van der Waals surface area contributed by atoms with Gasteiger partial charge in [-0.2, -0.15) is 0 Å². The minimum absolute atomic E-state index is 0.255. The molecule has 1 amide bonds. The van der Waals surface area contributed by atoms with Gasteiger partial charge < -0.3 is 14.5 Å². The first kappa shape index (κ1) is 13.4. The summed E-state index contributed by atoms with van der Waals surface area (Å²) < 4.78 is 5.40. The lowest BCUT2D eigenvalue weighted by atomic mass is 10.1. The third kappa shape index (κ3) is 2.52. The van der Waals surface area contributed by atoms with Crippen LogP contribution in [0.2, 0.25) is 0 Å². The summed E-state index contributed by atoms with van der Waals surface area (Å²) in [5.74, 6) is 0.255. The lowest BCUT2D eigenvalue weighted by Gasteiger charge is -2.29. The number of hydrogen-bond donors (Lipinski definition) is 0. The minimum atomic E-state index is 0.255. The smallest absolute Gasteiger partial charge is 0.226 e. The zero-order valence-electron chi connectivity index (χ0n) is 12.1. The Morgan fingerprint density at radius 1 is 1.25 bits per heavy atom. The molecule has 20 heavy (non-hydrogen) atoms. The fourth-order valence-corrected chi connectivity index (χ4v) is 2.99. The summed E-state index contributed by atoms with van der Waals surface area (Å²) in [6, 6.07) is 6.54. The van der Waals surface area contributed by atoms with Crippen molar-refractivity contribution in [3.63, 3.8) is 0 Å². The molecule has 0 spiro atoms. The van der Waals surface area contributed by atoms with E-state index in [1.54, 1.807) is 0 Å². The summed E-state index contributed by atoms with van der Waals surface area (Å²) >= 11 is 0. The predicted molar refractivity (Wildman–Crippen MR) is 80.4 cm³/mol. The van der Waals surface area contributed by atoms with Gasteiger partial charge in [-0.1, -0.05) is 13.0 Å². The Hall–Kier alpha value is -1.55. The van der Waals surface area contributed by atoms with E-state index in [1.165, 1.54) is 11.3 Å². The zero-order valence-corrected chi connectivity index (χ0v) is 12.1. The van der Waals surface area contributed by atoms with Gasteiger partial charge in [-0.15, -0.1) is 0 Å². The number of morpholine rings is 1. The number of hydrogen-bond acceptors (Lipinski definition) is 3. The maximum Gasteiger partial charge on any atom is 0.226 e. The summed E-state index contributed by atoms with van der Waals surface area (Å²) in [4.78, 5) is 16.5. The monoisotopic (exact) mass is 274 g/mol. The Morgan fingerprint density at radius 3 is 2.80 bits per heavy atom. The van der Waals surface area contributed by atoms with Crippen LogP contribution in [0.4, 0.5) is 11.4 Å². The van der Waals surface area contributed by atoms with Crippen LogP contribution in [0.3, 0.4) is 0 Å². The largest absolute Gasteiger partial charge is 0.378 e. The van der Waals surface area contributed by atoms with Crippen molar-refractivity contribution >= 4 is 17.3 Å². The van der Waals surface area contributed by atoms with Gasteiger partial charge in [-0.25, -0.2) is 0 Å². The van der Waals surface area contributed by atoms with E-state index in [0.29, 0.717) is 6.42 Å². The normalized spacial score (nSPS) is 18.2. The van der Waals surface area contributed by atoms with Gasteiger partial charge in [-0.05, 0) is 30.5 Å². The second-order valence-corrected chi connectivity index (χ2v) is 5.46. The van der Waals surface area contributed by atoms with E-state index in [9.17, 15) is 4.79 Å². The molecule has 0 bridgehead atoms. The molecular weight excluding hydrogens is 252 g/mol. The van der Waals surface area contributed by atoms with Crippen molar-refractivity contribution in [1.29, 1.82) is 0 Å². The number of fused-ring (bicyclic) bond motifs is 1. The predicted octanol–water partition coefficient (Wildman–Crippen LogP) is 2.21. The minimum Gasteiger partial charge on any atom is -0.378 e. The van der Waals surface area contributed by atoms with Crippen LogP contribution in [0.15, 0.2) is 18.2 Å². The molecule has 1 saturated heterocycles. The number of benzene rings is 1. The Kier molecular flexibility index (Phi) is 3.92. The highest BCUT2D eigenvalue weighted by molar-refractivity contribution is 5.96. The van der Waals surface area contributed by atoms with E-state index in [0.717, 1.165) is 51.4 Å². The Bertz CT molecular complexity index is 495. The maximum atomic E-state index is 12.2. The fraction of sp³-hybridized carbons (Fsp3) is 0.562. The van der Waals surface area contributed by atoms with E-state index in [4.69, 9.17) is 4.74 Å². The summed E-state index contributed by atoms with van der Waals surface area (Å²) in [5.41, 5.74) is 3.63.